The lowest BCUT2D eigenvalue weighted by Crippen LogP contribution is -2.26. The third-order valence-corrected chi connectivity index (χ3v) is 3.83. The van der Waals surface area contributed by atoms with Crippen molar-refractivity contribution in [3.8, 4) is 0 Å². The predicted octanol–water partition coefficient (Wildman–Crippen LogP) is 3.92. The zero-order valence-corrected chi connectivity index (χ0v) is 13.4. The molecule has 2 aromatic carbocycles. The molecule has 0 fully saturated rings. The Balaban J connectivity index is 2.34. The van der Waals surface area contributed by atoms with E-state index in [1.165, 1.54) is 0 Å². The summed E-state index contributed by atoms with van der Waals surface area (Å²) in [4.78, 5) is 14.1. The molecule has 0 unspecified atom stereocenters. The Bertz CT molecular complexity index is 647. The molecule has 0 spiro atoms. The molecule has 4 heteroatoms. The van der Waals surface area contributed by atoms with Gasteiger partial charge in [-0.15, -0.1) is 0 Å². The Morgan fingerprint density at radius 2 is 1.70 bits per heavy atom. The fourth-order valence-corrected chi connectivity index (χ4v) is 2.49. The van der Waals surface area contributed by atoms with Crippen LogP contribution in [0.15, 0.2) is 40.9 Å². The van der Waals surface area contributed by atoms with E-state index in [2.05, 4.69) is 22.0 Å². The summed E-state index contributed by atoms with van der Waals surface area (Å²) in [5.41, 5.74) is 10.1. The van der Waals surface area contributed by atoms with Crippen molar-refractivity contribution < 1.29 is 4.79 Å². The zero-order chi connectivity index (χ0) is 14.9. The summed E-state index contributed by atoms with van der Waals surface area (Å²) in [5.74, 6) is -0.0595. The first-order valence-corrected chi connectivity index (χ1v) is 7.09. The molecule has 20 heavy (non-hydrogen) atoms. The minimum Gasteiger partial charge on any atom is -0.398 e. The highest BCUT2D eigenvalue weighted by molar-refractivity contribution is 9.10. The molecule has 0 radical (unpaired) electrons. The minimum atomic E-state index is -0.0595. The van der Waals surface area contributed by atoms with Crippen LogP contribution in [0.4, 0.5) is 11.4 Å². The molecular weight excluding hydrogens is 316 g/mol. The van der Waals surface area contributed by atoms with Crippen LogP contribution in [0.25, 0.3) is 0 Å². The van der Waals surface area contributed by atoms with E-state index in [0.717, 1.165) is 21.3 Å². The van der Waals surface area contributed by atoms with E-state index in [0.29, 0.717) is 11.3 Å². The van der Waals surface area contributed by atoms with Crippen LogP contribution in [-0.2, 0) is 0 Å². The number of anilines is 2. The first-order chi connectivity index (χ1) is 9.38. The average molecular weight is 333 g/mol. The molecular formula is C16H17BrN2O. The Morgan fingerprint density at radius 3 is 2.25 bits per heavy atom. The summed E-state index contributed by atoms with van der Waals surface area (Å²) in [6.07, 6.45) is 0. The van der Waals surface area contributed by atoms with Gasteiger partial charge in [0.25, 0.3) is 5.91 Å². The van der Waals surface area contributed by atoms with Gasteiger partial charge in [0.1, 0.15) is 0 Å². The van der Waals surface area contributed by atoms with Crippen LogP contribution in [0.3, 0.4) is 0 Å². The number of benzene rings is 2. The minimum absolute atomic E-state index is 0.0595. The lowest BCUT2D eigenvalue weighted by atomic mass is 10.1. The fourth-order valence-electron chi connectivity index (χ4n) is 2.12. The van der Waals surface area contributed by atoms with E-state index in [9.17, 15) is 4.79 Å². The van der Waals surface area contributed by atoms with Crippen LogP contribution in [0, 0.1) is 13.8 Å². The topological polar surface area (TPSA) is 46.3 Å². The average Bonchev–Trinajstić information content (AvgIpc) is 2.39. The van der Waals surface area contributed by atoms with Crippen molar-refractivity contribution in [2.45, 2.75) is 13.8 Å². The van der Waals surface area contributed by atoms with Gasteiger partial charge >= 0.3 is 0 Å². The molecule has 0 aromatic heterocycles. The zero-order valence-electron chi connectivity index (χ0n) is 11.8. The molecule has 3 nitrogen and oxygen atoms in total. The Labute approximate surface area is 127 Å². The predicted molar refractivity (Wildman–Crippen MR) is 87.2 cm³/mol. The second-order valence-corrected chi connectivity index (χ2v) is 5.80. The van der Waals surface area contributed by atoms with Crippen molar-refractivity contribution in [2.75, 3.05) is 17.7 Å². The molecule has 104 valence electrons. The van der Waals surface area contributed by atoms with Gasteiger partial charge < -0.3 is 10.6 Å². The van der Waals surface area contributed by atoms with E-state index >= 15 is 0 Å². The molecule has 0 aliphatic rings. The molecule has 0 saturated carbocycles. The van der Waals surface area contributed by atoms with Crippen LogP contribution < -0.4 is 10.6 Å². The molecule has 0 heterocycles. The summed E-state index contributed by atoms with van der Waals surface area (Å²) >= 11 is 3.35. The van der Waals surface area contributed by atoms with Gasteiger partial charge in [-0.1, -0.05) is 6.07 Å². The largest absolute Gasteiger partial charge is 0.398 e. The highest BCUT2D eigenvalue weighted by Gasteiger charge is 2.14. The summed E-state index contributed by atoms with van der Waals surface area (Å²) in [6, 6.07) is 11.3. The van der Waals surface area contributed by atoms with Crippen LogP contribution in [0.5, 0.6) is 0 Å². The second-order valence-electron chi connectivity index (χ2n) is 4.95. The maximum Gasteiger partial charge on any atom is 0.258 e. The van der Waals surface area contributed by atoms with Crippen molar-refractivity contribution in [3.05, 3.63) is 57.6 Å². The fraction of sp³-hybridized carbons (Fsp3) is 0.188. The van der Waals surface area contributed by atoms with Crippen molar-refractivity contribution in [1.82, 2.24) is 0 Å². The number of nitrogens with zero attached hydrogens (tertiary/aromatic N) is 1. The van der Waals surface area contributed by atoms with E-state index in [1.54, 1.807) is 30.1 Å². The smallest absolute Gasteiger partial charge is 0.258 e. The molecule has 0 saturated heterocycles. The van der Waals surface area contributed by atoms with Crippen LogP contribution in [0.2, 0.25) is 0 Å². The standard InChI is InChI=1S/C16H17BrN2O/c1-10-6-11(2)8-13(7-10)19(3)16(20)12-4-5-15(18)14(17)9-12/h4-9H,18H2,1-3H3. The first kappa shape index (κ1) is 14.6. The van der Waals surface area contributed by atoms with Crippen LogP contribution in [0.1, 0.15) is 21.5 Å². The van der Waals surface area contributed by atoms with Gasteiger partial charge in [-0.05, 0) is 71.2 Å². The molecule has 2 aromatic rings. The third kappa shape index (κ3) is 3.02. The van der Waals surface area contributed by atoms with Gasteiger partial charge in [-0.25, -0.2) is 0 Å². The lowest BCUT2D eigenvalue weighted by molar-refractivity contribution is 0.0993. The Morgan fingerprint density at radius 1 is 1.10 bits per heavy atom. The molecule has 0 aliphatic carbocycles. The van der Waals surface area contributed by atoms with Gasteiger partial charge in [0, 0.05) is 28.5 Å². The van der Waals surface area contributed by atoms with E-state index < -0.39 is 0 Å². The van der Waals surface area contributed by atoms with Crippen molar-refractivity contribution in [1.29, 1.82) is 0 Å². The highest BCUT2D eigenvalue weighted by atomic mass is 79.9. The van der Waals surface area contributed by atoms with Crippen molar-refractivity contribution >= 4 is 33.2 Å². The van der Waals surface area contributed by atoms with E-state index in [-0.39, 0.29) is 5.91 Å². The van der Waals surface area contributed by atoms with Gasteiger partial charge in [0.15, 0.2) is 0 Å². The SMILES string of the molecule is Cc1cc(C)cc(N(C)C(=O)c2ccc(N)c(Br)c2)c1. The first-order valence-electron chi connectivity index (χ1n) is 6.30. The van der Waals surface area contributed by atoms with Crippen molar-refractivity contribution in [2.24, 2.45) is 0 Å². The van der Waals surface area contributed by atoms with Crippen LogP contribution in [-0.4, -0.2) is 13.0 Å². The lowest BCUT2D eigenvalue weighted by Gasteiger charge is -2.19. The maximum absolute atomic E-state index is 12.5. The number of aryl methyl sites for hydroxylation is 2. The highest BCUT2D eigenvalue weighted by Crippen LogP contribution is 2.23. The number of nitrogens with two attached hydrogens (primary N) is 1. The summed E-state index contributed by atoms with van der Waals surface area (Å²) in [6.45, 7) is 4.04. The molecule has 0 aliphatic heterocycles. The molecule has 2 rings (SSSR count). The number of hydrogen-bond acceptors (Lipinski definition) is 2. The maximum atomic E-state index is 12.5. The van der Waals surface area contributed by atoms with E-state index in [4.69, 9.17) is 5.73 Å². The second kappa shape index (κ2) is 5.67. The number of amides is 1. The Kier molecular flexibility index (Phi) is 4.14. The van der Waals surface area contributed by atoms with Gasteiger partial charge in [-0.3, -0.25) is 4.79 Å². The summed E-state index contributed by atoms with van der Waals surface area (Å²) in [5, 5.41) is 0. The van der Waals surface area contributed by atoms with Gasteiger partial charge in [0.05, 0.1) is 0 Å². The van der Waals surface area contributed by atoms with Crippen LogP contribution >= 0.6 is 15.9 Å². The number of carbonyl (C=O) groups excluding carboxylic acids is 1. The molecule has 0 bridgehead atoms. The normalized spacial score (nSPS) is 10.4. The van der Waals surface area contributed by atoms with Gasteiger partial charge in [0.2, 0.25) is 0 Å². The number of rotatable bonds is 2. The molecule has 2 N–H and O–H groups in total. The molecule has 1 amide bonds. The monoisotopic (exact) mass is 332 g/mol. The Hall–Kier alpha value is -1.81. The number of hydrogen-bond donors (Lipinski definition) is 1. The number of nitrogen functional groups attached to an aromatic ring is 1. The summed E-state index contributed by atoms with van der Waals surface area (Å²) < 4.78 is 0.733. The van der Waals surface area contributed by atoms with E-state index in [1.807, 2.05) is 26.0 Å². The van der Waals surface area contributed by atoms with Crippen molar-refractivity contribution in [3.63, 3.8) is 0 Å². The number of halogens is 1. The third-order valence-electron chi connectivity index (χ3n) is 3.15. The summed E-state index contributed by atoms with van der Waals surface area (Å²) in [7, 11) is 1.78. The van der Waals surface area contributed by atoms with Gasteiger partial charge in [-0.2, -0.15) is 0 Å². The number of carbonyl (C=O) groups is 1. The quantitative estimate of drug-likeness (QED) is 0.847. The molecule has 0 atom stereocenters.